The van der Waals surface area contributed by atoms with Gasteiger partial charge in [-0.05, 0) is 37.0 Å². The lowest BCUT2D eigenvalue weighted by molar-refractivity contribution is -0.134. The third kappa shape index (κ3) is 2.77. The average Bonchev–Trinajstić information content (AvgIpc) is 2.43. The van der Waals surface area contributed by atoms with Crippen LogP contribution in [0.3, 0.4) is 0 Å². The lowest BCUT2D eigenvalue weighted by atomic mass is 9.95. The van der Waals surface area contributed by atoms with Crippen LogP contribution >= 0.6 is 0 Å². The van der Waals surface area contributed by atoms with E-state index in [-0.39, 0.29) is 23.5 Å². The zero-order valence-electron chi connectivity index (χ0n) is 12.8. The van der Waals surface area contributed by atoms with Crippen LogP contribution in [0.15, 0.2) is 18.2 Å². The second-order valence-electron chi connectivity index (χ2n) is 5.80. The van der Waals surface area contributed by atoms with E-state index in [0.29, 0.717) is 17.7 Å². The molecule has 5 heteroatoms. The Hall–Kier alpha value is -1.91. The zero-order valence-corrected chi connectivity index (χ0v) is 12.8. The van der Waals surface area contributed by atoms with Crippen molar-refractivity contribution in [3.63, 3.8) is 0 Å². The normalized spacial score (nSPS) is 22.7. The summed E-state index contributed by atoms with van der Waals surface area (Å²) in [5.74, 6) is -0.797. The fraction of sp³-hybridized carbons (Fsp3) is 0.500. The molecule has 0 bridgehead atoms. The Morgan fingerprint density at radius 1 is 1.33 bits per heavy atom. The Labute approximate surface area is 124 Å². The molecule has 1 aliphatic heterocycles. The third-order valence-electron chi connectivity index (χ3n) is 3.87. The Morgan fingerprint density at radius 2 is 2.00 bits per heavy atom. The maximum Gasteiger partial charge on any atom is 0.250 e. The molecule has 0 saturated carbocycles. The first-order valence-electron chi connectivity index (χ1n) is 7.26. The molecule has 21 heavy (non-hydrogen) atoms. The minimum atomic E-state index is -0.609. The van der Waals surface area contributed by atoms with E-state index in [4.69, 9.17) is 0 Å². The number of carbonyl (C=O) groups is 2. The summed E-state index contributed by atoms with van der Waals surface area (Å²) in [6.45, 7) is 7.26. The molecule has 2 rings (SSSR count). The molecule has 1 fully saturated rings. The monoisotopic (exact) mass is 292 g/mol. The van der Waals surface area contributed by atoms with Crippen molar-refractivity contribution in [1.82, 2.24) is 5.32 Å². The van der Waals surface area contributed by atoms with Gasteiger partial charge in [0.15, 0.2) is 0 Å². The first-order chi connectivity index (χ1) is 9.86. The molecule has 2 atom stereocenters. The van der Waals surface area contributed by atoms with E-state index in [1.165, 1.54) is 11.0 Å². The van der Waals surface area contributed by atoms with Crippen molar-refractivity contribution in [2.45, 2.75) is 46.2 Å². The van der Waals surface area contributed by atoms with Crippen LogP contribution in [0.4, 0.5) is 10.1 Å². The molecule has 2 unspecified atom stereocenters. The first-order valence-corrected chi connectivity index (χ1v) is 7.26. The van der Waals surface area contributed by atoms with E-state index in [2.05, 4.69) is 5.32 Å². The molecule has 1 N–H and O–H groups in total. The van der Waals surface area contributed by atoms with Gasteiger partial charge in [0.25, 0.3) is 0 Å². The molecular formula is C16H21FN2O2. The fourth-order valence-corrected chi connectivity index (χ4v) is 2.64. The standard InChI is InChI=1S/C16H21FN2O2/c1-5-13-16(21)19(14(9(2)3)15(20)18-13)11-7-6-10(4)12(17)8-11/h6-9,13-14H,5H2,1-4H3,(H,18,20). The summed E-state index contributed by atoms with van der Waals surface area (Å²) in [6.07, 6.45) is 0.514. The summed E-state index contributed by atoms with van der Waals surface area (Å²) in [5, 5.41) is 2.75. The zero-order chi connectivity index (χ0) is 15.7. The molecule has 114 valence electrons. The highest BCUT2D eigenvalue weighted by Gasteiger charge is 2.42. The first kappa shape index (κ1) is 15.5. The van der Waals surface area contributed by atoms with Crippen molar-refractivity contribution in [1.29, 1.82) is 0 Å². The van der Waals surface area contributed by atoms with Gasteiger partial charge in [0, 0.05) is 5.69 Å². The number of benzene rings is 1. The molecule has 1 aromatic carbocycles. The maximum absolute atomic E-state index is 13.8. The van der Waals surface area contributed by atoms with Crippen LogP contribution < -0.4 is 10.2 Å². The Balaban J connectivity index is 2.49. The number of aryl methyl sites for hydroxylation is 1. The van der Waals surface area contributed by atoms with E-state index >= 15 is 0 Å². The molecule has 0 radical (unpaired) electrons. The number of halogens is 1. The van der Waals surface area contributed by atoms with E-state index < -0.39 is 12.1 Å². The fourth-order valence-electron chi connectivity index (χ4n) is 2.64. The van der Waals surface area contributed by atoms with Gasteiger partial charge in [-0.15, -0.1) is 0 Å². The minimum Gasteiger partial charge on any atom is -0.342 e. The minimum absolute atomic E-state index is 0.0591. The number of carbonyl (C=O) groups excluding carboxylic acids is 2. The second kappa shape index (κ2) is 5.84. The van der Waals surface area contributed by atoms with Crippen LogP contribution in [-0.4, -0.2) is 23.9 Å². The average molecular weight is 292 g/mol. The number of amides is 2. The molecule has 2 amide bonds. The van der Waals surface area contributed by atoms with Crippen LogP contribution in [-0.2, 0) is 9.59 Å². The number of hydrogen-bond acceptors (Lipinski definition) is 2. The van der Waals surface area contributed by atoms with Crippen molar-refractivity contribution < 1.29 is 14.0 Å². The summed E-state index contributed by atoms with van der Waals surface area (Å²) in [7, 11) is 0. The Bertz CT molecular complexity index is 571. The molecule has 0 spiro atoms. The van der Waals surface area contributed by atoms with Gasteiger partial charge in [-0.2, -0.15) is 0 Å². The van der Waals surface area contributed by atoms with Gasteiger partial charge in [0.2, 0.25) is 11.8 Å². The van der Waals surface area contributed by atoms with Crippen molar-refractivity contribution in [3.05, 3.63) is 29.6 Å². The summed E-state index contributed by atoms with van der Waals surface area (Å²) >= 11 is 0. The van der Waals surface area contributed by atoms with Crippen LogP contribution in [0.2, 0.25) is 0 Å². The molecule has 1 saturated heterocycles. The van der Waals surface area contributed by atoms with Crippen LogP contribution in [0.5, 0.6) is 0 Å². The molecule has 4 nitrogen and oxygen atoms in total. The predicted octanol–water partition coefficient (Wildman–Crippen LogP) is 2.40. The van der Waals surface area contributed by atoms with Crippen LogP contribution in [0, 0.1) is 18.7 Å². The quantitative estimate of drug-likeness (QED) is 0.930. The van der Waals surface area contributed by atoms with Crippen LogP contribution in [0.25, 0.3) is 0 Å². The molecule has 0 aliphatic carbocycles. The summed E-state index contributed by atoms with van der Waals surface area (Å²) < 4.78 is 13.8. The SMILES string of the molecule is CCC1NC(=O)C(C(C)C)N(c2ccc(C)c(F)c2)C1=O. The van der Waals surface area contributed by atoms with Gasteiger partial charge < -0.3 is 5.32 Å². The van der Waals surface area contributed by atoms with Gasteiger partial charge in [0.05, 0.1) is 0 Å². The smallest absolute Gasteiger partial charge is 0.250 e. The molecular weight excluding hydrogens is 271 g/mol. The van der Waals surface area contributed by atoms with Crippen LogP contribution in [0.1, 0.15) is 32.8 Å². The number of nitrogens with zero attached hydrogens (tertiary/aromatic N) is 1. The maximum atomic E-state index is 13.8. The Morgan fingerprint density at radius 3 is 2.52 bits per heavy atom. The summed E-state index contributed by atoms with van der Waals surface area (Å²) in [4.78, 5) is 26.3. The van der Waals surface area contributed by atoms with Gasteiger partial charge in [0.1, 0.15) is 17.9 Å². The lowest BCUT2D eigenvalue weighted by Crippen LogP contribution is -2.65. The molecule has 0 aromatic heterocycles. The second-order valence-corrected chi connectivity index (χ2v) is 5.80. The highest BCUT2D eigenvalue weighted by molar-refractivity contribution is 6.08. The predicted molar refractivity (Wildman–Crippen MR) is 79.5 cm³/mol. The van der Waals surface area contributed by atoms with E-state index in [1.54, 1.807) is 19.1 Å². The largest absolute Gasteiger partial charge is 0.342 e. The van der Waals surface area contributed by atoms with E-state index in [9.17, 15) is 14.0 Å². The molecule has 1 aliphatic rings. The van der Waals surface area contributed by atoms with Crippen molar-refractivity contribution in [2.24, 2.45) is 5.92 Å². The van der Waals surface area contributed by atoms with Gasteiger partial charge in [-0.25, -0.2) is 4.39 Å². The topological polar surface area (TPSA) is 49.4 Å². The van der Waals surface area contributed by atoms with E-state index in [1.807, 2.05) is 20.8 Å². The van der Waals surface area contributed by atoms with Crippen molar-refractivity contribution >= 4 is 17.5 Å². The van der Waals surface area contributed by atoms with E-state index in [0.717, 1.165) is 0 Å². The number of anilines is 1. The number of rotatable bonds is 3. The lowest BCUT2D eigenvalue weighted by Gasteiger charge is -2.40. The Kier molecular flexibility index (Phi) is 4.30. The summed E-state index contributed by atoms with van der Waals surface area (Å²) in [6, 6.07) is 3.49. The summed E-state index contributed by atoms with van der Waals surface area (Å²) in [5.41, 5.74) is 0.955. The van der Waals surface area contributed by atoms with Gasteiger partial charge in [-0.1, -0.05) is 26.8 Å². The highest BCUT2D eigenvalue weighted by atomic mass is 19.1. The number of nitrogens with one attached hydrogen (secondary N) is 1. The number of hydrogen-bond donors (Lipinski definition) is 1. The molecule has 1 aromatic rings. The highest BCUT2D eigenvalue weighted by Crippen LogP contribution is 2.27. The third-order valence-corrected chi connectivity index (χ3v) is 3.87. The van der Waals surface area contributed by atoms with Gasteiger partial charge in [-0.3, -0.25) is 14.5 Å². The van der Waals surface area contributed by atoms with Crippen molar-refractivity contribution in [3.8, 4) is 0 Å². The number of piperazine rings is 1. The van der Waals surface area contributed by atoms with Crippen molar-refractivity contribution in [2.75, 3.05) is 4.90 Å². The van der Waals surface area contributed by atoms with Gasteiger partial charge >= 0.3 is 0 Å². The molecule has 1 heterocycles.